The number of aromatic nitrogens is 2. The summed E-state index contributed by atoms with van der Waals surface area (Å²) in [5.74, 6) is -0.150. The lowest BCUT2D eigenvalue weighted by atomic mass is 10.1. The van der Waals surface area contributed by atoms with E-state index >= 15 is 0 Å². The van der Waals surface area contributed by atoms with Crippen LogP contribution in [0.1, 0.15) is 15.9 Å². The summed E-state index contributed by atoms with van der Waals surface area (Å²) in [6.07, 6.45) is 4.44. The van der Waals surface area contributed by atoms with Crippen molar-refractivity contribution in [2.24, 2.45) is 0 Å². The maximum Gasteiger partial charge on any atom is 0.310 e. The molecule has 2 aromatic heterocycles. The van der Waals surface area contributed by atoms with Gasteiger partial charge in [-0.15, -0.1) is 0 Å². The van der Waals surface area contributed by atoms with Crippen molar-refractivity contribution in [1.82, 2.24) is 9.55 Å². The van der Waals surface area contributed by atoms with Crippen LogP contribution in [0, 0.1) is 10.1 Å². The van der Waals surface area contributed by atoms with Crippen molar-refractivity contribution >= 4 is 28.2 Å². The first-order valence-electron chi connectivity index (χ1n) is 8.66. The van der Waals surface area contributed by atoms with Gasteiger partial charge in [0.15, 0.2) is 0 Å². The van der Waals surface area contributed by atoms with Crippen LogP contribution in [0.15, 0.2) is 79.3 Å². The monoisotopic (exact) mass is 372 g/mol. The fraction of sp³-hybridized carbons (Fsp3) is 0.0476. The summed E-state index contributed by atoms with van der Waals surface area (Å²) in [5, 5.41) is 15.2. The summed E-state index contributed by atoms with van der Waals surface area (Å²) in [5.41, 5.74) is 2.36. The quantitative estimate of drug-likeness (QED) is 0.418. The van der Waals surface area contributed by atoms with E-state index in [-0.39, 0.29) is 18.1 Å². The van der Waals surface area contributed by atoms with Crippen molar-refractivity contribution in [3.05, 3.63) is 100 Å². The fourth-order valence-electron chi connectivity index (χ4n) is 3.14. The third-order valence-corrected chi connectivity index (χ3v) is 4.53. The molecule has 0 aliphatic carbocycles. The van der Waals surface area contributed by atoms with Crippen molar-refractivity contribution in [3.63, 3.8) is 0 Å². The van der Waals surface area contributed by atoms with Gasteiger partial charge in [0.05, 0.1) is 10.4 Å². The maximum absolute atomic E-state index is 13.1. The van der Waals surface area contributed by atoms with E-state index in [1.165, 1.54) is 12.4 Å². The Labute approximate surface area is 160 Å². The molecule has 0 amide bonds. The Morgan fingerprint density at radius 1 is 1.07 bits per heavy atom. The van der Waals surface area contributed by atoms with Gasteiger partial charge >= 0.3 is 5.69 Å². The molecule has 0 spiro atoms. The van der Waals surface area contributed by atoms with Gasteiger partial charge in [0.25, 0.3) is 5.91 Å². The highest BCUT2D eigenvalue weighted by atomic mass is 16.6. The predicted octanol–water partition coefficient (Wildman–Crippen LogP) is 4.25. The molecular formula is C21H16N4O3. The lowest BCUT2D eigenvalue weighted by Gasteiger charge is -2.12. The highest BCUT2D eigenvalue weighted by Gasteiger charge is 2.17. The Balaban J connectivity index is 1.64. The molecule has 0 aliphatic heterocycles. The molecule has 2 heterocycles. The molecule has 0 atom stereocenters. The van der Waals surface area contributed by atoms with Gasteiger partial charge in [-0.1, -0.05) is 36.4 Å². The first-order chi connectivity index (χ1) is 13.6. The van der Waals surface area contributed by atoms with Gasteiger partial charge in [0, 0.05) is 29.9 Å². The minimum Gasteiger partial charge on any atom is -0.375 e. The zero-order valence-corrected chi connectivity index (χ0v) is 14.8. The number of carbonyl (C=O) groups excluding carboxylic acids is 1. The average Bonchev–Trinajstić information content (AvgIpc) is 3.16. The van der Waals surface area contributed by atoms with E-state index in [0.29, 0.717) is 11.3 Å². The number of nitrogens with one attached hydrogen (secondary N) is 1. The Bertz CT molecular complexity index is 1180. The molecular weight excluding hydrogens is 356 g/mol. The summed E-state index contributed by atoms with van der Waals surface area (Å²) in [4.78, 5) is 27.6. The third-order valence-electron chi connectivity index (χ3n) is 4.53. The lowest BCUT2D eigenvalue weighted by molar-refractivity contribution is -0.384. The fourth-order valence-corrected chi connectivity index (χ4v) is 3.14. The molecule has 7 heteroatoms. The minimum atomic E-state index is -0.488. The molecule has 0 bridgehead atoms. The van der Waals surface area contributed by atoms with Crippen molar-refractivity contribution in [1.29, 1.82) is 0 Å². The maximum atomic E-state index is 13.1. The third kappa shape index (κ3) is 3.21. The molecule has 138 valence electrons. The summed E-state index contributed by atoms with van der Waals surface area (Å²) in [6.45, 7) is 0.270. The van der Waals surface area contributed by atoms with Gasteiger partial charge in [0.1, 0.15) is 11.9 Å². The first-order valence-corrected chi connectivity index (χ1v) is 8.66. The summed E-state index contributed by atoms with van der Waals surface area (Å²) < 4.78 is 1.61. The van der Waals surface area contributed by atoms with Gasteiger partial charge in [-0.25, -0.2) is 0 Å². The van der Waals surface area contributed by atoms with Gasteiger partial charge in [-0.3, -0.25) is 24.5 Å². The molecule has 4 rings (SSSR count). The van der Waals surface area contributed by atoms with Crippen LogP contribution in [0.3, 0.4) is 0 Å². The summed E-state index contributed by atoms with van der Waals surface area (Å²) in [6, 6.07) is 18.3. The van der Waals surface area contributed by atoms with Crippen molar-refractivity contribution in [2.75, 3.05) is 5.32 Å². The number of hydrogen-bond acceptors (Lipinski definition) is 5. The normalized spacial score (nSPS) is 10.7. The highest BCUT2D eigenvalue weighted by molar-refractivity contribution is 6.03. The Morgan fingerprint density at radius 3 is 2.71 bits per heavy atom. The van der Waals surface area contributed by atoms with Gasteiger partial charge in [-0.05, 0) is 29.8 Å². The Hall–Kier alpha value is -4.00. The van der Waals surface area contributed by atoms with Crippen molar-refractivity contribution in [2.45, 2.75) is 6.54 Å². The lowest BCUT2D eigenvalue weighted by Crippen LogP contribution is -2.15. The molecule has 0 unspecified atom stereocenters. The number of anilines is 1. The molecule has 0 fully saturated rings. The topological polar surface area (TPSA) is 90.1 Å². The highest BCUT2D eigenvalue weighted by Crippen LogP contribution is 2.24. The molecule has 4 aromatic rings. The minimum absolute atomic E-state index is 0.109. The van der Waals surface area contributed by atoms with Gasteiger partial charge in [0.2, 0.25) is 0 Å². The molecule has 0 saturated carbocycles. The smallest absolute Gasteiger partial charge is 0.310 e. The molecule has 28 heavy (non-hydrogen) atoms. The second kappa shape index (κ2) is 7.32. The van der Waals surface area contributed by atoms with Crippen LogP contribution in [0.2, 0.25) is 0 Å². The standard InChI is InChI=1S/C21H16N4O3/c26-21(24-12-10-15-5-2-4-8-19(15)24)17-7-3-1-6-16(17)13-23-18-9-11-22-14-20(18)25(27)28/h1-12,14H,13H2,(H,22,23). The first kappa shape index (κ1) is 17.4. The van der Waals surface area contributed by atoms with Crippen LogP contribution in [-0.2, 0) is 6.54 Å². The van der Waals surface area contributed by atoms with Crippen molar-refractivity contribution in [3.8, 4) is 0 Å². The largest absolute Gasteiger partial charge is 0.375 e. The Kier molecular flexibility index (Phi) is 4.55. The van der Waals surface area contributed by atoms with Crippen LogP contribution >= 0.6 is 0 Å². The van der Waals surface area contributed by atoms with E-state index in [1.54, 1.807) is 29.0 Å². The number of para-hydroxylation sites is 1. The van der Waals surface area contributed by atoms with E-state index in [4.69, 9.17) is 0 Å². The van der Waals surface area contributed by atoms with Gasteiger partial charge < -0.3 is 5.32 Å². The van der Waals surface area contributed by atoms with Crippen LogP contribution in [0.4, 0.5) is 11.4 Å². The van der Waals surface area contributed by atoms with Crippen LogP contribution in [0.25, 0.3) is 10.9 Å². The molecule has 7 nitrogen and oxygen atoms in total. The number of fused-ring (bicyclic) bond motifs is 1. The zero-order chi connectivity index (χ0) is 19.5. The number of nitrogens with zero attached hydrogens (tertiary/aromatic N) is 3. The molecule has 0 saturated heterocycles. The van der Waals surface area contributed by atoms with E-state index < -0.39 is 4.92 Å². The van der Waals surface area contributed by atoms with E-state index in [2.05, 4.69) is 10.3 Å². The molecule has 2 aromatic carbocycles. The average molecular weight is 372 g/mol. The second-order valence-electron chi connectivity index (χ2n) is 6.21. The van der Waals surface area contributed by atoms with E-state index in [9.17, 15) is 14.9 Å². The Morgan fingerprint density at radius 2 is 1.86 bits per heavy atom. The number of pyridine rings is 1. The molecule has 0 aliphatic rings. The molecule has 0 radical (unpaired) electrons. The zero-order valence-electron chi connectivity index (χ0n) is 14.8. The van der Waals surface area contributed by atoms with E-state index in [1.807, 2.05) is 42.5 Å². The number of carbonyl (C=O) groups is 1. The molecule has 1 N–H and O–H groups in total. The van der Waals surface area contributed by atoms with Crippen LogP contribution in [-0.4, -0.2) is 20.4 Å². The van der Waals surface area contributed by atoms with Crippen LogP contribution < -0.4 is 5.32 Å². The SMILES string of the molecule is O=C(c1ccccc1CNc1ccncc1[N+](=O)[O-])n1ccc2ccccc21. The number of hydrogen-bond donors (Lipinski definition) is 1. The number of nitro groups is 1. The van der Waals surface area contributed by atoms with E-state index in [0.717, 1.165) is 16.5 Å². The summed E-state index contributed by atoms with van der Waals surface area (Å²) in [7, 11) is 0. The van der Waals surface area contributed by atoms with Gasteiger partial charge in [-0.2, -0.15) is 0 Å². The van der Waals surface area contributed by atoms with Crippen LogP contribution in [0.5, 0.6) is 0 Å². The summed E-state index contributed by atoms with van der Waals surface area (Å²) >= 11 is 0. The van der Waals surface area contributed by atoms with Crippen molar-refractivity contribution < 1.29 is 9.72 Å². The predicted molar refractivity (Wildman–Crippen MR) is 106 cm³/mol. The number of rotatable bonds is 5. The second-order valence-corrected chi connectivity index (χ2v) is 6.21. The number of benzene rings is 2.